The summed E-state index contributed by atoms with van der Waals surface area (Å²) in [5.74, 6) is -1.01. The number of rotatable bonds is 4. The Balaban J connectivity index is 1.86. The maximum atomic E-state index is 13.8. The number of hydrogen-bond acceptors (Lipinski definition) is 3. The van der Waals surface area contributed by atoms with Crippen LogP contribution in [-0.4, -0.2) is 52.5 Å². The van der Waals surface area contributed by atoms with E-state index < -0.39 is 24.3 Å². The Kier molecular flexibility index (Phi) is 4.42. The fourth-order valence-corrected chi connectivity index (χ4v) is 2.19. The molecule has 114 valence electrons. The van der Waals surface area contributed by atoms with E-state index in [1.807, 2.05) is 0 Å². The second kappa shape index (κ2) is 6.09. The number of aliphatic hydroxyl groups is 1. The van der Waals surface area contributed by atoms with Crippen LogP contribution in [-0.2, 0) is 6.54 Å². The lowest BCUT2D eigenvalue weighted by Crippen LogP contribution is -2.41. The molecule has 1 fully saturated rings. The summed E-state index contributed by atoms with van der Waals surface area (Å²) < 4.78 is 13.8. The van der Waals surface area contributed by atoms with Gasteiger partial charge in [-0.15, -0.1) is 0 Å². The Morgan fingerprint density at radius 1 is 1.33 bits per heavy atom. The van der Waals surface area contributed by atoms with Crippen molar-refractivity contribution >= 4 is 12.0 Å². The number of aromatic carboxylic acids is 1. The highest BCUT2D eigenvalue weighted by Crippen LogP contribution is 2.24. The molecule has 1 unspecified atom stereocenters. The number of amides is 2. The van der Waals surface area contributed by atoms with E-state index in [1.165, 1.54) is 17.0 Å². The van der Waals surface area contributed by atoms with Crippen LogP contribution < -0.4 is 5.32 Å². The maximum Gasteiger partial charge on any atom is 0.335 e. The number of nitrogens with zero attached hydrogens (tertiary/aromatic N) is 1. The highest BCUT2D eigenvalue weighted by molar-refractivity contribution is 5.87. The molecule has 1 aliphatic heterocycles. The second-order valence-corrected chi connectivity index (χ2v) is 5.14. The third-order valence-corrected chi connectivity index (χ3v) is 3.52. The second-order valence-electron chi connectivity index (χ2n) is 5.14. The van der Waals surface area contributed by atoms with Crippen molar-refractivity contribution in [2.45, 2.75) is 18.6 Å². The smallest absolute Gasteiger partial charge is 0.335 e. The quantitative estimate of drug-likeness (QED) is 0.773. The molecule has 2 rings (SSSR count). The van der Waals surface area contributed by atoms with Gasteiger partial charge in [0.2, 0.25) is 0 Å². The molecule has 0 spiro atoms. The molecule has 1 heterocycles. The van der Waals surface area contributed by atoms with Crippen LogP contribution in [0.1, 0.15) is 22.3 Å². The topological polar surface area (TPSA) is 89.9 Å². The first-order chi connectivity index (χ1) is 9.93. The van der Waals surface area contributed by atoms with Gasteiger partial charge >= 0.3 is 12.0 Å². The number of carbonyl (C=O) groups is 2. The van der Waals surface area contributed by atoms with E-state index in [0.717, 1.165) is 5.56 Å². The predicted molar refractivity (Wildman–Crippen MR) is 72.8 cm³/mol. The number of alkyl halides is 1. The van der Waals surface area contributed by atoms with Gasteiger partial charge in [0.15, 0.2) is 5.67 Å². The number of likely N-dealkylation sites (tertiary alicyclic amines) is 1. The molecule has 6 nitrogen and oxygen atoms in total. The number of urea groups is 1. The van der Waals surface area contributed by atoms with E-state index in [-0.39, 0.29) is 31.6 Å². The molecule has 1 atom stereocenters. The molecule has 0 aromatic heterocycles. The number of carboxylic acid groups (broad SMARTS) is 1. The summed E-state index contributed by atoms with van der Waals surface area (Å²) in [6, 6.07) is 5.74. The average molecular weight is 296 g/mol. The number of nitrogens with one attached hydrogen (secondary N) is 1. The minimum Gasteiger partial charge on any atom is -0.478 e. The summed E-state index contributed by atoms with van der Waals surface area (Å²) in [6.07, 6.45) is 0.129. The lowest BCUT2D eigenvalue weighted by molar-refractivity contribution is 0.0697. The Morgan fingerprint density at radius 3 is 2.52 bits per heavy atom. The molecule has 2 amide bonds. The van der Waals surface area contributed by atoms with E-state index in [0.29, 0.717) is 0 Å². The van der Waals surface area contributed by atoms with Crippen LogP contribution in [0.2, 0.25) is 0 Å². The number of benzene rings is 1. The molecule has 1 aliphatic rings. The van der Waals surface area contributed by atoms with Gasteiger partial charge in [-0.25, -0.2) is 14.0 Å². The van der Waals surface area contributed by atoms with Crippen molar-refractivity contribution in [1.29, 1.82) is 0 Å². The molecular weight excluding hydrogens is 279 g/mol. The first-order valence-corrected chi connectivity index (χ1v) is 6.58. The van der Waals surface area contributed by atoms with Crippen LogP contribution in [0.5, 0.6) is 0 Å². The maximum absolute atomic E-state index is 13.8. The normalized spacial score (nSPS) is 21.3. The van der Waals surface area contributed by atoms with Gasteiger partial charge in [-0.05, 0) is 17.7 Å². The highest BCUT2D eigenvalue weighted by atomic mass is 19.1. The number of hydrogen-bond donors (Lipinski definition) is 3. The first kappa shape index (κ1) is 15.2. The number of aliphatic hydroxyl groups excluding tert-OH is 1. The molecule has 1 aromatic carbocycles. The Bertz CT molecular complexity index is 534. The fraction of sp³-hybridized carbons (Fsp3) is 0.429. The number of halogens is 1. The standard InChI is InChI=1S/C14H17FN2O4/c15-14(9-18)5-6-17(8-14)13(21)16-7-10-1-3-11(4-2-10)12(19)20/h1-4,18H,5-9H2,(H,16,21)(H,19,20). The van der Waals surface area contributed by atoms with Gasteiger partial charge in [0.25, 0.3) is 0 Å². The zero-order valence-corrected chi connectivity index (χ0v) is 11.4. The predicted octanol–water partition coefficient (Wildman–Crippen LogP) is 1.00. The SMILES string of the molecule is O=C(O)c1ccc(CNC(=O)N2CCC(F)(CO)C2)cc1. The molecular formula is C14H17FN2O4. The average Bonchev–Trinajstić information content (AvgIpc) is 2.88. The van der Waals surface area contributed by atoms with Crippen LogP contribution in [0, 0.1) is 0 Å². The molecule has 7 heteroatoms. The van der Waals surface area contributed by atoms with Gasteiger partial charge in [0.1, 0.15) is 0 Å². The van der Waals surface area contributed by atoms with E-state index in [9.17, 15) is 14.0 Å². The largest absolute Gasteiger partial charge is 0.478 e. The van der Waals surface area contributed by atoms with E-state index >= 15 is 0 Å². The van der Waals surface area contributed by atoms with Crippen molar-refractivity contribution in [2.24, 2.45) is 0 Å². The van der Waals surface area contributed by atoms with Crippen LogP contribution in [0.3, 0.4) is 0 Å². The lowest BCUT2D eigenvalue weighted by Gasteiger charge is -2.19. The molecule has 21 heavy (non-hydrogen) atoms. The summed E-state index contributed by atoms with van der Waals surface area (Å²) in [7, 11) is 0. The van der Waals surface area contributed by atoms with Gasteiger partial charge in [0, 0.05) is 19.5 Å². The van der Waals surface area contributed by atoms with E-state index in [4.69, 9.17) is 10.2 Å². The monoisotopic (exact) mass is 296 g/mol. The van der Waals surface area contributed by atoms with Crippen molar-refractivity contribution in [3.8, 4) is 0 Å². The van der Waals surface area contributed by atoms with Crippen LogP contribution in [0.4, 0.5) is 9.18 Å². The van der Waals surface area contributed by atoms with E-state index in [1.54, 1.807) is 12.1 Å². The molecule has 1 aromatic rings. The highest BCUT2D eigenvalue weighted by Gasteiger charge is 2.39. The zero-order chi connectivity index (χ0) is 15.5. The van der Waals surface area contributed by atoms with Crippen LogP contribution in [0.25, 0.3) is 0 Å². The molecule has 1 saturated heterocycles. The molecule has 3 N–H and O–H groups in total. The van der Waals surface area contributed by atoms with Gasteiger partial charge in [-0.1, -0.05) is 12.1 Å². The molecule has 0 aliphatic carbocycles. The van der Waals surface area contributed by atoms with Crippen LogP contribution in [0.15, 0.2) is 24.3 Å². The first-order valence-electron chi connectivity index (χ1n) is 6.58. The Hall–Kier alpha value is -2.15. The minimum atomic E-state index is -1.71. The Morgan fingerprint density at radius 2 is 2.00 bits per heavy atom. The summed E-state index contributed by atoms with van der Waals surface area (Å²) in [5.41, 5.74) is -0.781. The summed E-state index contributed by atoms with van der Waals surface area (Å²) in [5, 5.41) is 20.3. The fourth-order valence-electron chi connectivity index (χ4n) is 2.19. The van der Waals surface area contributed by atoms with Crippen molar-refractivity contribution in [1.82, 2.24) is 10.2 Å². The van der Waals surface area contributed by atoms with Crippen LogP contribution >= 0.6 is 0 Å². The van der Waals surface area contributed by atoms with Gasteiger partial charge in [-0.3, -0.25) is 0 Å². The summed E-state index contributed by atoms with van der Waals surface area (Å²) in [6.45, 7) is -0.213. The molecule has 0 radical (unpaired) electrons. The van der Waals surface area contributed by atoms with Gasteiger partial charge in [0.05, 0.1) is 18.7 Å². The molecule has 0 bridgehead atoms. The minimum absolute atomic E-state index is 0.118. The summed E-state index contributed by atoms with van der Waals surface area (Å²) >= 11 is 0. The van der Waals surface area contributed by atoms with E-state index in [2.05, 4.69) is 5.32 Å². The zero-order valence-electron chi connectivity index (χ0n) is 11.4. The summed E-state index contributed by atoms with van der Waals surface area (Å²) in [4.78, 5) is 23.9. The Labute approximate surface area is 121 Å². The number of carboxylic acids is 1. The third-order valence-electron chi connectivity index (χ3n) is 3.52. The molecule has 0 saturated carbocycles. The lowest BCUT2D eigenvalue weighted by atomic mass is 10.1. The van der Waals surface area contributed by atoms with Gasteiger partial charge < -0.3 is 20.4 Å². The third kappa shape index (κ3) is 3.69. The van der Waals surface area contributed by atoms with Crippen molar-refractivity contribution in [3.63, 3.8) is 0 Å². The van der Waals surface area contributed by atoms with Crippen molar-refractivity contribution in [3.05, 3.63) is 35.4 Å². The number of carbonyl (C=O) groups excluding carboxylic acids is 1. The van der Waals surface area contributed by atoms with Crippen molar-refractivity contribution < 1.29 is 24.2 Å². The van der Waals surface area contributed by atoms with Gasteiger partial charge in [-0.2, -0.15) is 0 Å². The van der Waals surface area contributed by atoms with Crippen molar-refractivity contribution in [2.75, 3.05) is 19.7 Å².